The molecule has 3 nitrogen and oxygen atoms in total. The standard InChI is InChI=1S/C20H20F3NO2/c1-25-18-7-4-16-10-15(13-26-19(16)11-18)12-24-9-8-14-2-5-17(6-3-14)20(21,22)23/h2-7,10-11,24H,8-9,12-13H2,1H3. The van der Waals surface area contributed by atoms with Crippen LogP contribution in [0.3, 0.4) is 0 Å². The summed E-state index contributed by atoms with van der Waals surface area (Å²) in [5, 5.41) is 3.31. The highest BCUT2D eigenvalue weighted by Gasteiger charge is 2.29. The highest BCUT2D eigenvalue weighted by molar-refractivity contribution is 5.63. The molecule has 1 aliphatic rings. The predicted molar refractivity (Wildman–Crippen MR) is 94.5 cm³/mol. The highest BCUT2D eigenvalue weighted by atomic mass is 19.4. The number of benzene rings is 2. The van der Waals surface area contributed by atoms with Crippen LogP contribution in [0, 0.1) is 0 Å². The van der Waals surface area contributed by atoms with E-state index in [4.69, 9.17) is 9.47 Å². The number of nitrogens with one attached hydrogen (secondary N) is 1. The number of methoxy groups -OCH3 is 1. The first-order chi connectivity index (χ1) is 12.5. The second kappa shape index (κ2) is 7.83. The summed E-state index contributed by atoms with van der Waals surface area (Å²) >= 11 is 0. The Labute approximate surface area is 150 Å². The van der Waals surface area contributed by atoms with Gasteiger partial charge in [0.25, 0.3) is 0 Å². The van der Waals surface area contributed by atoms with Crippen molar-refractivity contribution in [1.29, 1.82) is 0 Å². The maximum Gasteiger partial charge on any atom is 0.416 e. The number of rotatable bonds is 6. The summed E-state index contributed by atoms with van der Waals surface area (Å²) in [6, 6.07) is 11.0. The first-order valence-corrected chi connectivity index (χ1v) is 8.33. The fourth-order valence-electron chi connectivity index (χ4n) is 2.76. The van der Waals surface area contributed by atoms with Crippen molar-refractivity contribution in [3.63, 3.8) is 0 Å². The molecule has 2 aromatic rings. The van der Waals surface area contributed by atoms with E-state index in [1.165, 1.54) is 12.1 Å². The molecular weight excluding hydrogens is 343 g/mol. The summed E-state index contributed by atoms with van der Waals surface area (Å²) in [4.78, 5) is 0. The normalized spacial score (nSPS) is 13.6. The Balaban J connectivity index is 1.48. The SMILES string of the molecule is COc1ccc2c(c1)OCC(CNCCc1ccc(C(F)(F)F)cc1)=C2. The summed E-state index contributed by atoms with van der Waals surface area (Å²) in [7, 11) is 1.62. The number of alkyl halides is 3. The van der Waals surface area contributed by atoms with E-state index in [1.54, 1.807) is 7.11 Å². The zero-order chi connectivity index (χ0) is 18.6. The topological polar surface area (TPSA) is 30.5 Å². The summed E-state index contributed by atoms with van der Waals surface area (Å²) in [6.07, 6.45) is -1.53. The zero-order valence-electron chi connectivity index (χ0n) is 14.4. The van der Waals surface area contributed by atoms with Gasteiger partial charge in [0.15, 0.2) is 0 Å². The van der Waals surface area contributed by atoms with Crippen LogP contribution in [0.1, 0.15) is 16.7 Å². The lowest BCUT2D eigenvalue weighted by Crippen LogP contribution is -2.23. The molecule has 0 aromatic heterocycles. The van der Waals surface area contributed by atoms with E-state index in [-0.39, 0.29) is 0 Å². The van der Waals surface area contributed by atoms with Crippen LogP contribution in [0.4, 0.5) is 13.2 Å². The van der Waals surface area contributed by atoms with Crippen molar-refractivity contribution in [1.82, 2.24) is 5.32 Å². The van der Waals surface area contributed by atoms with E-state index < -0.39 is 11.7 Å². The third kappa shape index (κ3) is 4.58. The molecule has 0 atom stereocenters. The molecule has 1 aliphatic heterocycles. The maximum absolute atomic E-state index is 12.5. The highest BCUT2D eigenvalue weighted by Crippen LogP contribution is 2.30. The van der Waals surface area contributed by atoms with Crippen molar-refractivity contribution in [3.05, 3.63) is 64.7 Å². The van der Waals surface area contributed by atoms with Crippen molar-refractivity contribution in [3.8, 4) is 11.5 Å². The van der Waals surface area contributed by atoms with Crippen LogP contribution in [-0.2, 0) is 12.6 Å². The molecular formula is C20H20F3NO2. The number of fused-ring (bicyclic) bond motifs is 1. The average Bonchev–Trinajstić information content (AvgIpc) is 2.64. The van der Waals surface area contributed by atoms with E-state index in [2.05, 4.69) is 11.4 Å². The van der Waals surface area contributed by atoms with E-state index in [0.717, 1.165) is 40.3 Å². The molecule has 0 fully saturated rings. The van der Waals surface area contributed by atoms with E-state index in [0.29, 0.717) is 26.1 Å². The Bertz CT molecular complexity index is 783. The van der Waals surface area contributed by atoms with Gasteiger partial charge in [0, 0.05) is 18.2 Å². The summed E-state index contributed by atoms with van der Waals surface area (Å²) in [5.41, 5.74) is 2.39. The molecule has 26 heavy (non-hydrogen) atoms. The Morgan fingerprint density at radius 2 is 1.88 bits per heavy atom. The van der Waals surface area contributed by atoms with Crippen molar-refractivity contribution in [2.45, 2.75) is 12.6 Å². The average molecular weight is 363 g/mol. The molecule has 0 radical (unpaired) electrons. The fraction of sp³-hybridized carbons (Fsp3) is 0.300. The predicted octanol–water partition coefficient (Wildman–Crippen LogP) is 4.32. The molecule has 3 rings (SSSR count). The third-order valence-corrected chi connectivity index (χ3v) is 4.22. The van der Waals surface area contributed by atoms with E-state index in [9.17, 15) is 13.2 Å². The zero-order valence-corrected chi connectivity index (χ0v) is 14.4. The Hall–Kier alpha value is -2.47. The lowest BCUT2D eigenvalue weighted by atomic mass is 10.1. The molecule has 2 aromatic carbocycles. The molecule has 1 heterocycles. The largest absolute Gasteiger partial charge is 0.497 e. The van der Waals surface area contributed by atoms with Gasteiger partial charge < -0.3 is 14.8 Å². The molecule has 0 unspecified atom stereocenters. The minimum Gasteiger partial charge on any atom is -0.497 e. The summed E-state index contributed by atoms with van der Waals surface area (Å²) < 4.78 is 48.6. The van der Waals surface area contributed by atoms with Crippen molar-refractivity contribution in [2.75, 3.05) is 26.8 Å². The molecule has 0 bridgehead atoms. The van der Waals surface area contributed by atoms with E-state index >= 15 is 0 Å². The van der Waals surface area contributed by atoms with Crippen LogP contribution in [0.5, 0.6) is 11.5 Å². The molecule has 1 N–H and O–H groups in total. The molecule has 0 spiro atoms. The Morgan fingerprint density at radius 1 is 1.12 bits per heavy atom. The fourth-order valence-corrected chi connectivity index (χ4v) is 2.76. The number of hydrogen-bond donors (Lipinski definition) is 1. The van der Waals surface area contributed by atoms with Gasteiger partial charge in [-0.25, -0.2) is 0 Å². The summed E-state index contributed by atoms with van der Waals surface area (Å²) in [6.45, 7) is 1.86. The lowest BCUT2D eigenvalue weighted by molar-refractivity contribution is -0.137. The molecule has 0 aliphatic carbocycles. The van der Waals surface area contributed by atoms with Crippen LogP contribution < -0.4 is 14.8 Å². The molecule has 0 saturated carbocycles. The van der Waals surface area contributed by atoms with Gasteiger partial charge in [-0.2, -0.15) is 13.2 Å². The lowest BCUT2D eigenvalue weighted by Gasteiger charge is -2.19. The molecule has 0 amide bonds. The van der Waals surface area contributed by atoms with Crippen molar-refractivity contribution >= 4 is 6.08 Å². The van der Waals surface area contributed by atoms with Crippen LogP contribution >= 0.6 is 0 Å². The Kier molecular flexibility index (Phi) is 5.52. The van der Waals surface area contributed by atoms with Gasteiger partial charge in [-0.1, -0.05) is 12.1 Å². The first kappa shape index (κ1) is 18.3. The monoisotopic (exact) mass is 363 g/mol. The third-order valence-electron chi connectivity index (χ3n) is 4.22. The van der Waals surface area contributed by atoms with Gasteiger partial charge in [-0.05, 0) is 54.4 Å². The van der Waals surface area contributed by atoms with Gasteiger partial charge in [0.05, 0.1) is 12.7 Å². The van der Waals surface area contributed by atoms with Gasteiger partial charge in [-0.3, -0.25) is 0 Å². The summed E-state index contributed by atoms with van der Waals surface area (Å²) in [5.74, 6) is 1.56. The maximum atomic E-state index is 12.5. The van der Waals surface area contributed by atoms with Gasteiger partial charge in [-0.15, -0.1) is 0 Å². The number of ether oxygens (including phenoxy) is 2. The second-order valence-corrected chi connectivity index (χ2v) is 6.12. The number of halogens is 3. The second-order valence-electron chi connectivity index (χ2n) is 6.12. The van der Waals surface area contributed by atoms with Crippen LogP contribution in [0.2, 0.25) is 0 Å². The first-order valence-electron chi connectivity index (χ1n) is 8.33. The molecule has 0 saturated heterocycles. The van der Waals surface area contributed by atoms with Gasteiger partial charge in [0.1, 0.15) is 18.1 Å². The van der Waals surface area contributed by atoms with Gasteiger partial charge >= 0.3 is 6.18 Å². The molecule has 6 heteroatoms. The van der Waals surface area contributed by atoms with Crippen LogP contribution in [0.15, 0.2) is 48.0 Å². The van der Waals surface area contributed by atoms with Gasteiger partial charge in [0.2, 0.25) is 0 Å². The molecule has 138 valence electrons. The van der Waals surface area contributed by atoms with Crippen LogP contribution in [-0.4, -0.2) is 26.8 Å². The van der Waals surface area contributed by atoms with Crippen LogP contribution in [0.25, 0.3) is 6.08 Å². The van der Waals surface area contributed by atoms with Crippen molar-refractivity contribution in [2.24, 2.45) is 0 Å². The van der Waals surface area contributed by atoms with E-state index in [1.807, 2.05) is 18.2 Å². The number of hydrogen-bond acceptors (Lipinski definition) is 3. The smallest absolute Gasteiger partial charge is 0.416 e. The minimum absolute atomic E-state index is 0.507. The quantitative estimate of drug-likeness (QED) is 0.776. The van der Waals surface area contributed by atoms with Crippen molar-refractivity contribution < 1.29 is 22.6 Å². The Morgan fingerprint density at radius 3 is 2.58 bits per heavy atom. The minimum atomic E-state index is -4.29.